The van der Waals surface area contributed by atoms with Crippen LogP contribution in [-0.4, -0.2) is 4.98 Å². The summed E-state index contributed by atoms with van der Waals surface area (Å²) < 4.78 is 0. The first-order valence-electron chi connectivity index (χ1n) is 10.9. The summed E-state index contributed by atoms with van der Waals surface area (Å²) in [7, 11) is 0. The van der Waals surface area contributed by atoms with Crippen molar-refractivity contribution in [3.63, 3.8) is 0 Å². The van der Waals surface area contributed by atoms with Crippen molar-refractivity contribution in [2.24, 2.45) is 0 Å². The van der Waals surface area contributed by atoms with Crippen LogP contribution in [0.3, 0.4) is 0 Å². The first kappa shape index (κ1) is 22.5. The van der Waals surface area contributed by atoms with Crippen LogP contribution < -0.4 is 0 Å². The summed E-state index contributed by atoms with van der Waals surface area (Å²) in [6, 6.07) is 3.84. The van der Waals surface area contributed by atoms with E-state index in [4.69, 9.17) is 11.6 Å². The van der Waals surface area contributed by atoms with Crippen LogP contribution >= 0.6 is 11.6 Å². The normalized spacial score (nSPS) is 11.1. The van der Waals surface area contributed by atoms with Crippen molar-refractivity contribution >= 4 is 11.6 Å². The quantitative estimate of drug-likeness (QED) is 0.252. The van der Waals surface area contributed by atoms with Crippen molar-refractivity contribution in [2.75, 3.05) is 0 Å². The van der Waals surface area contributed by atoms with Crippen LogP contribution in [0.25, 0.3) is 0 Å². The summed E-state index contributed by atoms with van der Waals surface area (Å²) in [5, 5.41) is 0.823. The maximum atomic E-state index is 6.13. The summed E-state index contributed by atoms with van der Waals surface area (Å²) in [6.07, 6.45) is 25.4. The molecule has 0 aliphatic carbocycles. The number of nitrogens with zero attached hydrogens (tertiary/aromatic N) is 1. The zero-order chi connectivity index (χ0) is 18.0. The molecule has 0 amide bonds. The van der Waals surface area contributed by atoms with Gasteiger partial charge in [-0.15, -0.1) is 0 Å². The summed E-state index contributed by atoms with van der Waals surface area (Å²) >= 11 is 6.13. The molecule has 0 atom stereocenters. The molecule has 0 aliphatic rings. The lowest BCUT2D eigenvalue weighted by Gasteiger charge is -2.04. The highest BCUT2D eigenvalue weighted by atomic mass is 35.5. The molecule has 0 aromatic carbocycles. The average Bonchev–Trinajstić information content (AvgIpc) is 2.63. The van der Waals surface area contributed by atoms with Crippen LogP contribution in [0.2, 0.25) is 5.02 Å². The molecule has 1 aromatic rings. The van der Waals surface area contributed by atoms with E-state index in [9.17, 15) is 0 Å². The molecule has 1 rings (SSSR count). The van der Waals surface area contributed by atoms with Gasteiger partial charge in [-0.3, -0.25) is 4.98 Å². The molecule has 1 heterocycles. The minimum Gasteiger partial charge on any atom is -0.260 e. The lowest BCUT2D eigenvalue weighted by Crippen LogP contribution is -1.91. The molecule has 0 radical (unpaired) electrons. The maximum Gasteiger partial charge on any atom is 0.0621 e. The molecule has 0 bridgehead atoms. The monoisotopic (exact) mass is 365 g/mol. The number of hydrogen-bond acceptors (Lipinski definition) is 1. The summed E-state index contributed by atoms with van der Waals surface area (Å²) in [6.45, 7) is 2.29. The second-order valence-corrected chi connectivity index (χ2v) is 7.89. The maximum absolute atomic E-state index is 6.13. The molecule has 0 fully saturated rings. The number of rotatable bonds is 17. The van der Waals surface area contributed by atoms with Gasteiger partial charge < -0.3 is 0 Å². The average molecular weight is 366 g/mol. The van der Waals surface area contributed by atoms with Crippen molar-refractivity contribution in [2.45, 2.75) is 116 Å². The molecule has 0 saturated carbocycles. The highest BCUT2D eigenvalue weighted by Crippen LogP contribution is 2.17. The lowest BCUT2D eigenvalue weighted by molar-refractivity contribution is 0.529. The van der Waals surface area contributed by atoms with Gasteiger partial charge >= 0.3 is 0 Å². The van der Waals surface area contributed by atoms with E-state index in [0.29, 0.717) is 0 Å². The number of pyridine rings is 1. The Labute approximate surface area is 162 Å². The van der Waals surface area contributed by atoms with Crippen molar-refractivity contribution in [3.05, 3.63) is 29.0 Å². The van der Waals surface area contributed by atoms with E-state index in [1.807, 2.05) is 18.3 Å². The van der Waals surface area contributed by atoms with Crippen molar-refractivity contribution in [1.82, 2.24) is 4.98 Å². The predicted molar refractivity (Wildman–Crippen MR) is 112 cm³/mol. The Bertz CT molecular complexity index is 405. The lowest BCUT2D eigenvalue weighted by atomic mass is 10.0. The molecule has 0 spiro atoms. The second kappa shape index (κ2) is 16.9. The minimum atomic E-state index is 0.823. The Morgan fingerprint density at radius 3 is 1.56 bits per heavy atom. The van der Waals surface area contributed by atoms with Crippen LogP contribution in [0.15, 0.2) is 18.3 Å². The second-order valence-electron chi connectivity index (χ2n) is 7.49. The van der Waals surface area contributed by atoms with Crippen LogP contribution in [0.4, 0.5) is 0 Å². The SMILES string of the molecule is CCCCCCCCCCCCCCCCCCc1ncccc1Cl. The Balaban J connectivity index is 1.75. The van der Waals surface area contributed by atoms with Gasteiger partial charge in [-0.2, -0.15) is 0 Å². The van der Waals surface area contributed by atoms with Crippen molar-refractivity contribution < 1.29 is 0 Å². The summed E-state index contributed by atoms with van der Waals surface area (Å²) in [5.41, 5.74) is 1.06. The smallest absolute Gasteiger partial charge is 0.0621 e. The standard InChI is InChI=1S/C23H40ClN/c1-2-3-4-5-6-7-8-9-10-11-12-13-14-15-16-17-20-23-22(24)19-18-21-25-23/h18-19,21H,2-17,20H2,1H3. The van der Waals surface area contributed by atoms with E-state index in [-0.39, 0.29) is 0 Å². The van der Waals surface area contributed by atoms with E-state index in [1.165, 1.54) is 103 Å². The Hall–Kier alpha value is -0.560. The van der Waals surface area contributed by atoms with Gasteiger partial charge in [-0.05, 0) is 25.0 Å². The van der Waals surface area contributed by atoms with Crippen LogP contribution in [0.5, 0.6) is 0 Å². The highest BCUT2D eigenvalue weighted by Gasteiger charge is 2.00. The fourth-order valence-electron chi connectivity index (χ4n) is 3.44. The third-order valence-electron chi connectivity index (χ3n) is 5.10. The molecule has 2 heteroatoms. The largest absolute Gasteiger partial charge is 0.260 e. The molecule has 1 nitrogen and oxygen atoms in total. The van der Waals surface area contributed by atoms with Gasteiger partial charge in [0.15, 0.2) is 0 Å². The number of hydrogen-bond donors (Lipinski definition) is 0. The van der Waals surface area contributed by atoms with Gasteiger partial charge in [0.25, 0.3) is 0 Å². The first-order valence-corrected chi connectivity index (χ1v) is 11.3. The molecular weight excluding hydrogens is 326 g/mol. The molecule has 0 aliphatic heterocycles. The van der Waals surface area contributed by atoms with Gasteiger partial charge in [-0.25, -0.2) is 0 Å². The molecule has 0 saturated heterocycles. The molecule has 144 valence electrons. The molecule has 0 unspecified atom stereocenters. The number of aromatic nitrogens is 1. The highest BCUT2D eigenvalue weighted by molar-refractivity contribution is 6.31. The van der Waals surface area contributed by atoms with Gasteiger partial charge in [0.2, 0.25) is 0 Å². The Morgan fingerprint density at radius 1 is 0.680 bits per heavy atom. The number of halogens is 1. The van der Waals surface area contributed by atoms with E-state index in [0.717, 1.165) is 17.1 Å². The molecular formula is C23H40ClN. The Morgan fingerprint density at radius 2 is 1.12 bits per heavy atom. The van der Waals surface area contributed by atoms with Crippen molar-refractivity contribution in [3.8, 4) is 0 Å². The molecule has 0 N–H and O–H groups in total. The van der Waals surface area contributed by atoms with Gasteiger partial charge in [0.05, 0.1) is 10.7 Å². The van der Waals surface area contributed by atoms with Crippen molar-refractivity contribution in [1.29, 1.82) is 0 Å². The number of unbranched alkanes of at least 4 members (excludes halogenated alkanes) is 15. The zero-order valence-corrected chi connectivity index (χ0v) is 17.3. The molecule has 25 heavy (non-hydrogen) atoms. The first-order chi connectivity index (χ1) is 12.3. The van der Waals surface area contributed by atoms with E-state index in [1.54, 1.807) is 0 Å². The van der Waals surface area contributed by atoms with Crippen LogP contribution in [0, 0.1) is 0 Å². The van der Waals surface area contributed by atoms with E-state index in [2.05, 4.69) is 11.9 Å². The van der Waals surface area contributed by atoms with E-state index >= 15 is 0 Å². The van der Waals surface area contributed by atoms with Gasteiger partial charge in [-0.1, -0.05) is 115 Å². The zero-order valence-electron chi connectivity index (χ0n) is 16.6. The van der Waals surface area contributed by atoms with Gasteiger partial charge in [0, 0.05) is 6.20 Å². The third kappa shape index (κ3) is 13.3. The fraction of sp³-hybridized carbons (Fsp3) is 0.783. The predicted octanol–water partition coefficient (Wildman–Crippen LogP) is 8.54. The number of aryl methyl sites for hydroxylation is 1. The topological polar surface area (TPSA) is 12.9 Å². The third-order valence-corrected chi connectivity index (χ3v) is 5.45. The van der Waals surface area contributed by atoms with Crippen LogP contribution in [-0.2, 0) is 6.42 Å². The van der Waals surface area contributed by atoms with Crippen LogP contribution in [0.1, 0.15) is 115 Å². The Kier molecular flexibility index (Phi) is 15.2. The van der Waals surface area contributed by atoms with E-state index < -0.39 is 0 Å². The minimum absolute atomic E-state index is 0.823. The van der Waals surface area contributed by atoms with Gasteiger partial charge in [0.1, 0.15) is 0 Å². The summed E-state index contributed by atoms with van der Waals surface area (Å²) in [5.74, 6) is 0. The summed E-state index contributed by atoms with van der Waals surface area (Å²) in [4.78, 5) is 4.35. The molecule has 1 aromatic heterocycles. The fourth-order valence-corrected chi connectivity index (χ4v) is 3.66.